The molecule has 1 amide bonds. The summed E-state index contributed by atoms with van der Waals surface area (Å²) in [5, 5.41) is 0. The van der Waals surface area contributed by atoms with E-state index in [1.54, 1.807) is 0 Å². The van der Waals surface area contributed by atoms with Crippen molar-refractivity contribution >= 4 is 16.9 Å². The lowest BCUT2D eigenvalue weighted by Crippen LogP contribution is -2.45. The molecule has 2 heterocycles. The van der Waals surface area contributed by atoms with Gasteiger partial charge >= 0.3 is 0 Å². The zero-order valence-electron chi connectivity index (χ0n) is 16.4. The highest BCUT2D eigenvalue weighted by atomic mass is 16.2. The molecule has 2 unspecified atom stereocenters. The van der Waals surface area contributed by atoms with Crippen LogP contribution in [0.15, 0.2) is 54.6 Å². The predicted octanol–water partition coefficient (Wildman–Crippen LogP) is 3.54. The van der Waals surface area contributed by atoms with E-state index in [9.17, 15) is 4.79 Å². The molecular weight excluding hydrogens is 348 g/mol. The molecule has 4 rings (SSSR count). The fraction of sp³-hybridized carbons (Fsp3) is 0.391. The number of piperidine rings is 1. The summed E-state index contributed by atoms with van der Waals surface area (Å²) < 4.78 is 2.17. The van der Waals surface area contributed by atoms with Crippen LogP contribution in [0.3, 0.4) is 0 Å². The summed E-state index contributed by atoms with van der Waals surface area (Å²) >= 11 is 0. The highest BCUT2D eigenvalue weighted by Crippen LogP contribution is 2.23. The topological polar surface area (TPSA) is 64.2 Å². The van der Waals surface area contributed by atoms with Crippen LogP contribution >= 0.6 is 0 Å². The maximum atomic E-state index is 12.9. The van der Waals surface area contributed by atoms with E-state index in [1.807, 2.05) is 48.2 Å². The van der Waals surface area contributed by atoms with E-state index in [-0.39, 0.29) is 11.9 Å². The van der Waals surface area contributed by atoms with Crippen molar-refractivity contribution in [2.75, 3.05) is 13.1 Å². The molecule has 1 fully saturated rings. The molecule has 5 nitrogen and oxygen atoms in total. The third-order valence-corrected chi connectivity index (χ3v) is 5.76. The number of hydrogen-bond donors (Lipinski definition) is 1. The van der Waals surface area contributed by atoms with Gasteiger partial charge in [-0.25, -0.2) is 4.98 Å². The minimum atomic E-state index is 0.137. The average Bonchev–Trinajstić information content (AvgIpc) is 3.11. The van der Waals surface area contributed by atoms with E-state index in [0.717, 1.165) is 48.5 Å². The Labute approximate surface area is 166 Å². The van der Waals surface area contributed by atoms with Crippen molar-refractivity contribution in [1.82, 2.24) is 14.5 Å². The van der Waals surface area contributed by atoms with E-state index in [0.29, 0.717) is 18.8 Å². The number of rotatable bonds is 5. The van der Waals surface area contributed by atoms with Gasteiger partial charge in [0.2, 0.25) is 5.91 Å². The highest BCUT2D eigenvalue weighted by molar-refractivity contribution is 5.79. The molecule has 28 heavy (non-hydrogen) atoms. The van der Waals surface area contributed by atoms with Crippen molar-refractivity contribution in [2.24, 2.45) is 11.7 Å². The molecule has 2 aromatic carbocycles. The summed E-state index contributed by atoms with van der Waals surface area (Å²) in [4.78, 5) is 19.7. The van der Waals surface area contributed by atoms with Crippen LogP contribution < -0.4 is 5.73 Å². The maximum absolute atomic E-state index is 12.9. The smallest absolute Gasteiger partial charge is 0.223 e. The lowest BCUT2D eigenvalue weighted by molar-refractivity contribution is -0.133. The molecule has 0 spiro atoms. The second-order valence-electron chi connectivity index (χ2n) is 7.79. The summed E-state index contributed by atoms with van der Waals surface area (Å²) in [6, 6.07) is 18.5. The molecule has 2 atom stereocenters. The normalized spacial score (nSPS) is 18.4. The molecule has 3 aromatic rings. The third kappa shape index (κ3) is 3.80. The van der Waals surface area contributed by atoms with E-state index < -0.39 is 0 Å². The Balaban J connectivity index is 1.54. The number of carbonyl (C=O) groups is 1. The SMILES string of the molecule is CC(N)C1CCCN(C(=O)CCc2nc3ccccc3n2-c2ccccc2)C1. The van der Waals surface area contributed by atoms with Crippen molar-refractivity contribution in [2.45, 2.75) is 38.6 Å². The summed E-state index contributed by atoms with van der Waals surface area (Å²) in [5.41, 5.74) is 9.18. The number of amides is 1. The van der Waals surface area contributed by atoms with Gasteiger partial charge in [0, 0.05) is 37.7 Å². The van der Waals surface area contributed by atoms with Crippen LogP contribution in [0.5, 0.6) is 0 Å². The van der Waals surface area contributed by atoms with Gasteiger partial charge in [0.25, 0.3) is 0 Å². The van der Waals surface area contributed by atoms with Crippen LogP contribution in [0.25, 0.3) is 16.7 Å². The summed E-state index contributed by atoms with van der Waals surface area (Å²) in [5.74, 6) is 1.55. The fourth-order valence-electron chi connectivity index (χ4n) is 4.15. The second kappa shape index (κ2) is 8.15. The number of nitrogens with zero attached hydrogens (tertiary/aromatic N) is 3. The third-order valence-electron chi connectivity index (χ3n) is 5.76. The van der Waals surface area contributed by atoms with Gasteiger partial charge in [0.05, 0.1) is 11.0 Å². The van der Waals surface area contributed by atoms with E-state index >= 15 is 0 Å². The number of aromatic nitrogens is 2. The zero-order valence-corrected chi connectivity index (χ0v) is 16.4. The highest BCUT2D eigenvalue weighted by Gasteiger charge is 2.26. The Bertz CT molecular complexity index is 948. The molecule has 1 saturated heterocycles. The lowest BCUT2D eigenvalue weighted by Gasteiger charge is -2.34. The van der Waals surface area contributed by atoms with Gasteiger partial charge in [-0.1, -0.05) is 30.3 Å². The Morgan fingerprint density at radius 1 is 1.18 bits per heavy atom. The molecule has 1 aliphatic rings. The molecule has 2 N–H and O–H groups in total. The van der Waals surface area contributed by atoms with Crippen LogP contribution in [0.4, 0.5) is 0 Å². The number of carbonyl (C=O) groups excluding carboxylic acids is 1. The number of fused-ring (bicyclic) bond motifs is 1. The van der Waals surface area contributed by atoms with Gasteiger partial charge in [-0.2, -0.15) is 0 Å². The molecule has 5 heteroatoms. The number of benzene rings is 2. The predicted molar refractivity (Wildman–Crippen MR) is 112 cm³/mol. The largest absolute Gasteiger partial charge is 0.342 e. The summed E-state index contributed by atoms with van der Waals surface area (Å²) in [6.45, 7) is 3.67. The van der Waals surface area contributed by atoms with Crippen LogP contribution in [-0.2, 0) is 11.2 Å². The number of likely N-dealkylation sites (tertiary alicyclic amines) is 1. The first-order chi connectivity index (χ1) is 13.6. The van der Waals surface area contributed by atoms with Crippen LogP contribution in [-0.4, -0.2) is 39.5 Å². The first-order valence-corrected chi connectivity index (χ1v) is 10.2. The first-order valence-electron chi connectivity index (χ1n) is 10.2. The molecule has 146 valence electrons. The van der Waals surface area contributed by atoms with E-state index in [2.05, 4.69) is 22.8 Å². The minimum Gasteiger partial charge on any atom is -0.342 e. The second-order valence-corrected chi connectivity index (χ2v) is 7.79. The monoisotopic (exact) mass is 376 g/mol. The molecular formula is C23H28N4O. The van der Waals surface area contributed by atoms with E-state index in [1.165, 1.54) is 0 Å². The van der Waals surface area contributed by atoms with Crippen molar-refractivity contribution < 1.29 is 4.79 Å². The van der Waals surface area contributed by atoms with Crippen LogP contribution in [0.2, 0.25) is 0 Å². The molecule has 1 aromatic heterocycles. The maximum Gasteiger partial charge on any atom is 0.223 e. The van der Waals surface area contributed by atoms with Crippen molar-refractivity contribution in [3.8, 4) is 5.69 Å². The van der Waals surface area contributed by atoms with E-state index in [4.69, 9.17) is 10.7 Å². The Hall–Kier alpha value is -2.66. The van der Waals surface area contributed by atoms with Gasteiger partial charge in [-0.3, -0.25) is 9.36 Å². The number of hydrogen-bond acceptors (Lipinski definition) is 3. The molecule has 0 bridgehead atoms. The number of nitrogens with two attached hydrogens (primary N) is 1. The fourth-order valence-corrected chi connectivity index (χ4v) is 4.15. The van der Waals surface area contributed by atoms with Gasteiger partial charge in [-0.15, -0.1) is 0 Å². The standard InChI is InChI=1S/C23H28N4O/c1-17(24)18-8-7-15-26(16-18)23(28)14-13-22-25-20-11-5-6-12-21(20)27(22)19-9-3-2-4-10-19/h2-6,9-12,17-18H,7-8,13-16,24H2,1H3. The van der Waals surface area contributed by atoms with Crippen molar-refractivity contribution in [3.05, 3.63) is 60.4 Å². The van der Waals surface area contributed by atoms with Gasteiger partial charge in [0.15, 0.2) is 0 Å². The van der Waals surface area contributed by atoms with Crippen molar-refractivity contribution in [1.29, 1.82) is 0 Å². The first kappa shape index (κ1) is 18.7. The molecule has 0 aliphatic carbocycles. The lowest BCUT2D eigenvalue weighted by atomic mass is 9.92. The minimum absolute atomic E-state index is 0.137. The van der Waals surface area contributed by atoms with Gasteiger partial charge < -0.3 is 10.6 Å². The molecule has 1 aliphatic heterocycles. The quantitative estimate of drug-likeness (QED) is 0.741. The molecule has 0 saturated carbocycles. The van der Waals surface area contributed by atoms with Gasteiger partial charge in [0.1, 0.15) is 5.82 Å². The number of imidazole rings is 1. The zero-order chi connectivity index (χ0) is 19.5. The Morgan fingerprint density at radius 2 is 1.93 bits per heavy atom. The summed E-state index contributed by atoms with van der Waals surface area (Å²) in [6.07, 6.45) is 3.26. The van der Waals surface area contributed by atoms with Crippen LogP contribution in [0, 0.1) is 5.92 Å². The van der Waals surface area contributed by atoms with Crippen LogP contribution in [0.1, 0.15) is 32.0 Å². The summed E-state index contributed by atoms with van der Waals surface area (Å²) in [7, 11) is 0. The van der Waals surface area contributed by atoms with Gasteiger partial charge in [-0.05, 0) is 49.9 Å². The average molecular weight is 377 g/mol. The van der Waals surface area contributed by atoms with Crippen molar-refractivity contribution in [3.63, 3.8) is 0 Å². The Morgan fingerprint density at radius 3 is 2.71 bits per heavy atom. The number of aryl methyl sites for hydroxylation is 1. The number of para-hydroxylation sites is 3. The Kier molecular flexibility index (Phi) is 5.44. The molecule has 0 radical (unpaired) electrons.